The van der Waals surface area contributed by atoms with Gasteiger partial charge >= 0.3 is 0 Å². The molecule has 1 N–H and O–H groups in total. The number of nitriles is 1. The predicted molar refractivity (Wildman–Crippen MR) is 61.2 cm³/mol. The highest BCUT2D eigenvalue weighted by Gasteiger charge is 2.24. The standard InChI is InChI=1S/C10H13N3O2S/c1-3-9(7-11)16(14,15)13-10-8(2)5-4-6-12-10/h4-6,9H,3H2,1-2H3,(H,12,13). The average molecular weight is 239 g/mol. The van der Waals surface area contributed by atoms with E-state index in [1.807, 2.05) is 0 Å². The molecular formula is C10H13N3O2S. The smallest absolute Gasteiger partial charge is 0.250 e. The van der Waals surface area contributed by atoms with Crippen LogP contribution in [0.1, 0.15) is 18.9 Å². The molecule has 1 unspecified atom stereocenters. The SMILES string of the molecule is CCC(C#N)S(=O)(=O)Nc1ncccc1C. The van der Waals surface area contributed by atoms with Gasteiger partial charge in [-0.05, 0) is 25.0 Å². The first-order chi connectivity index (χ1) is 7.51. The van der Waals surface area contributed by atoms with Gasteiger partial charge in [-0.3, -0.25) is 4.72 Å². The van der Waals surface area contributed by atoms with Crippen molar-refractivity contribution in [3.05, 3.63) is 23.9 Å². The van der Waals surface area contributed by atoms with Gasteiger partial charge in [-0.1, -0.05) is 13.0 Å². The first-order valence-electron chi connectivity index (χ1n) is 4.84. The van der Waals surface area contributed by atoms with Crippen molar-refractivity contribution in [3.63, 3.8) is 0 Å². The van der Waals surface area contributed by atoms with Crippen LogP contribution in [0.2, 0.25) is 0 Å². The summed E-state index contributed by atoms with van der Waals surface area (Å²) in [4.78, 5) is 3.91. The van der Waals surface area contributed by atoms with Gasteiger partial charge in [0.1, 0.15) is 5.82 Å². The maximum atomic E-state index is 11.7. The Hall–Kier alpha value is -1.61. The fourth-order valence-electron chi connectivity index (χ4n) is 1.18. The summed E-state index contributed by atoms with van der Waals surface area (Å²) < 4.78 is 25.8. The third kappa shape index (κ3) is 2.70. The van der Waals surface area contributed by atoms with E-state index in [0.717, 1.165) is 5.56 Å². The Morgan fingerprint density at radius 3 is 2.81 bits per heavy atom. The number of nitrogens with one attached hydrogen (secondary N) is 1. The largest absolute Gasteiger partial charge is 0.266 e. The van der Waals surface area contributed by atoms with Crippen molar-refractivity contribution in [1.82, 2.24) is 4.98 Å². The fourth-order valence-corrected chi connectivity index (χ4v) is 2.38. The van der Waals surface area contributed by atoms with Gasteiger partial charge in [0.25, 0.3) is 0 Å². The number of nitrogens with zero attached hydrogens (tertiary/aromatic N) is 2. The maximum Gasteiger partial charge on any atom is 0.250 e. The van der Waals surface area contributed by atoms with Crippen LogP contribution in [0.15, 0.2) is 18.3 Å². The zero-order valence-electron chi connectivity index (χ0n) is 9.14. The van der Waals surface area contributed by atoms with Gasteiger partial charge in [0.15, 0.2) is 5.25 Å². The lowest BCUT2D eigenvalue weighted by Crippen LogP contribution is -2.26. The summed E-state index contributed by atoms with van der Waals surface area (Å²) in [5.41, 5.74) is 0.721. The summed E-state index contributed by atoms with van der Waals surface area (Å²) in [5, 5.41) is 7.67. The van der Waals surface area contributed by atoms with Crippen LogP contribution in [0, 0.1) is 18.3 Å². The van der Waals surface area contributed by atoms with Crippen molar-refractivity contribution in [2.45, 2.75) is 25.5 Å². The molecule has 0 saturated carbocycles. The van der Waals surface area contributed by atoms with Crippen molar-refractivity contribution in [2.24, 2.45) is 0 Å². The predicted octanol–water partition coefficient (Wildman–Crippen LogP) is 1.43. The van der Waals surface area contributed by atoms with Gasteiger partial charge in [0, 0.05) is 6.20 Å². The Morgan fingerprint density at radius 2 is 2.31 bits per heavy atom. The van der Waals surface area contributed by atoms with Gasteiger partial charge in [-0.2, -0.15) is 5.26 Å². The molecule has 0 fully saturated rings. The topological polar surface area (TPSA) is 82.8 Å². The Bertz CT molecular complexity index is 505. The zero-order chi connectivity index (χ0) is 12.2. The molecule has 0 radical (unpaired) electrons. The summed E-state index contributed by atoms with van der Waals surface area (Å²) in [6, 6.07) is 5.22. The Labute approximate surface area is 95.2 Å². The molecule has 86 valence electrons. The third-order valence-electron chi connectivity index (χ3n) is 2.14. The van der Waals surface area contributed by atoms with Crippen molar-refractivity contribution >= 4 is 15.8 Å². The molecule has 1 aromatic heterocycles. The van der Waals surface area contributed by atoms with E-state index < -0.39 is 15.3 Å². The number of pyridine rings is 1. The van der Waals surface area contributed by atoms with Crippen LogP contribution in [-0.2, 0) is 10.0 Å². The van der Waals surface area contributed by atoms with Crippen molar-refractivity contribution in [2.75, 3.05) is 4.72 Å². The van der Waals surface area contributed by atoms with Crippen molar-refractivity contribution < 1.29 is 8.42 Å². The summed E-state index contributed by atoms with van der Waals surface area (Å²) in [5.74, 6) is 0.274. The number of anilines is 1. The minimum absolute atomic E-state index is 0.248. The number of aromatic nitrogens is 1. The molecule has 0 aliphatic heterocycles. The van der Waals surface area contributed by atoms with Gasteiger partial charge < -0.3 is 0 Å². The van der Waals surface area contributed by atoms with Crippen LogP contribution in [0.25, 0.3) is 0 Å². The minimum atomic E-state index is -3.67. The minimum Gasteiger partial charge on any atom is -0.266 e. The Kier molecular flexibility index (Phi) is 3.85. The van der Waals surface area contributed by atoms with E-state index in [9.17, 15) is 8.42 Å². The maximum absolute atomic E-state index is 11.7. The molecule has 16 heavy (non-hydrogen) atoms. The van der Waals surface area contributed by atoms with Crippen LogP contribution >= 0.6 is 0 Å². The van der Waals surface area contributed by atoms with Crippen molar-refractivity contribution in [1.29, 1.82) is 5.26 Å². The molecule has 0 amide bonds. The molecule has 0 bridgehead atoms. The van der Waals surface area contributed by atoms with Crippen LogP contribution in [-0.4, -0.2) is 18.7 Å². The van der Waals surface area contributed by atoms with E-state index in [-0.39, 0.29) is 12.2 Å². The summed E-state index contributed by atoms with van der Waals surface area (Å²) in [6.07, 6.45) is 1.75. The quantitative estimate of drug-likeness (QED) is 0.861. The van der Waals surface area contributed by atoms with E-state index in [4.69, 9.17) is 5.26 Å². The number of hydrogen-bond donors (Lipinski definition) is 1. The lowest BCUT2D eigenvalue weighted by molar-refractivity contribution is 0.592. The number of hydrogen-bond acceptors (Lipinski definition) is 4. The molecule has 1 atom stereocenters. The lowest BCUT2D eigenvalue weighted by atomic mass is 10.3. The highest BCUT2D eigenvalue weighted by Crippen LogP contribution is 2.14. The molecule has 0 aliphatic carbocycles. The lowest BCUT2D eigenvalue weighted by Gasteiger charge is -2.11. The summed E-state index contributed by atoms with van der Waals surface area (Å²) in [6.45, 7) is 3.40. The first kappa shape index (κ1) is 12.5. The van der Waals surface area contributed by atoms with Gasteiger partial charge in [-0.25, -0.2) is 13.4 Å². The first-order valence-corrected chi connectivity index (χ1v) is 6.38. The molecule has 1 aromatic rings. The molecule has 1 heterocycles. The summed E-state index contributed by atoms with van der Waals surface area (Å²) >= 11 is 0. The molecule has 0 spiro atoms. The monoisotopic (exact) mass is 239 g/mol. The van der Waals surface area contributed by atoms with Gasteiger partial charge in [0.2, 0.25) is 10.0 Å². The van der Waals surface area contributed by atoms with Crippen LogP contribution in [0.3, 0.4) is 0 Å². The molecule has 1 rings (SSSR count). The molecule has 0 aliphatic rings. The van der Waals surface area contributed by atoms with Crippen LogP contribution in [0.5, 0.6) is 0 Å². The molecule has 6 heteroatoms. The zero-order valence-corrected chi connectivity index (χ0v) is 9.95. The van der Waals surface area contributed by atoms with E-state index in [1.54, 1.807) is 32.0 Å². The third-order valence-corrected chi connectivity index (χ3v) is 3.80. The number of rotatable bonds is 4. The fraction of sp³-hybridized carbons (Fsp3) is 0.400. The average Bonchev–Trinajstić information content (AvgIpc) is 2.22. The van der Waals surface area contributed by atoms with Crippen molar-refractivity contribution in [3.8, 4) is 6.07 Å². The van der Waals surface area contributed by atoms with Crippen LogP contribution in [0.4, 0.5) is 5.82 Å². The van der Waals surface area contributed by atoms with E-state index in [0.29, 0.717) is 0 Å². The Balaban J connectivity index is 2.99. The molecule has 0 aromatic carbocycles. The normalized spacial score (nSPS) is 12.8. The second-order valence-electron chi connectivity index (χ2n) is 3.34. The highest BCUT2D eigenvalue weighted by molar-refractivity contribution is 7.93. The van der Waals surface area contributed by atoms with Gasteiger partial charge in [0.05, 0.1) is 6.07 Å². The second kappa shape index (κ2) is 4.94. The number of sulfonamides is 1. The molecular weight excluding hydrogens is 226 g/mol. The Morgan fingerprint density at radius 1 is 1.62 bits per heavy atom. The molecule has 5 nitrogen and oxygen atoms in total. The second-order valence-corrected chi connectivity index (χ2v) is 5.21. The molecule has 0 saturated heterocycles. The van der Waals surface area contributed by atoms with E-state index >= 15 is 0 Å². The highest BCUT2D eigenvalue weighted by atomic mass is 32.2. The summed E-state index contributed by atoms with van der Waals surface area (Å²) in [7, 11) is -3.67. The van der Waals surface area contributed by atoms with E-state index in [2.05, 4.69) is 9.71 Å². The van der Waals surface area contributed by atoms with Gasteiger partial charge in [-0.15, -0.1) is 0 Å². The van der Waals surface area contributed by atoms with Crippen LogP contribution < -0.4 is 4.72 Å². The van der Waals surface area contributed by atoms with E-state index in [1.165, 1.54) is 6.20 Å². The number of aryl methyl sites for hydroxylation is 1.